The van der Waals surface area contributed by atoms with Gasteiger partial charge in [0.05, 0.1) is 12.2 Å². The molecule has 1 aromatic rings. The van der Waals surface area contributed by atoms with Crippen LogP contribution in [0.4, 0.5) is 0 Å². The van der Waals surface area contributed by atoms with E-state index in [2.05, 4.69) is 11.6 Å². The predicted molar refractivity (Wildman–Crippen MR) is 69.2 cm³/mol. The third-order valence-corrected chi connectivity index (χ3v) is 2.43. The average Bonchev–Trinajstić information content (AvgIpc) is 2.42. The highest BCUT2D eigenvalue weighted by atomic mass is 16.5. The van der Waals surface area contributed by atoms with Gasteiger partial charge in [-0.25, -0.2) is 9.78 Å². The van der Waals surface area contributed by atoms with Crippen molar-refractivity contribution in [2.75, 3.05) is 26.8 Å². The minimum atomic E-state index is -1.12. The zero-order valence-corrected chi connectivity index (χ0v) is 10.7. The molecule has 102 valence electrons. The molecule has 0 aromatic carbocycles. The van der Waals surface area contributed by atoms with Gasteiger partial charge in [0.2, 0.25) is 0 Å². The highest BCUT2D eigenvalue weighted by Gasteiger charge is 2.15. The van der Waals surface area contributed by atoms with E-state index >= 15 is 0 Å². The molecular weight excluding hydrogens is 248 g/mol. The molecule has 1 N–H and O–H groups in total. The van der Waals surface area contributed by atoms with Crippen LogP contribution in [-0.4, -0.2) is 53.7 Å². The molecule has 1 heterocycles. The molecule has 0 atom stereocenters. The van der Waals surface area contributed by atoms with Crippen LogP contribution in [0.3, 0.4) is 0 Å². The Hall–Kier alpha value is -2.21. The minimum absolute atomic E-state index is 0.0938. The third kappa shape index (κ3) is 4.18. The number of hydrogen-bond acceptors (Lipinski definition) is 4. The number of pyridine rings is 1. The van der Waals surface area contributed by atoms with Crippen molar-refractivity contribution in [1.82, 2.24) is 9.88 Å². The van der Waals surface area contributed by atoms with E-state index in [9.17, 15) is 9.59 Å². The highest BCUT2D eigenvalue weighted by Crippen LogP contribution is 2.05. The number of rotatable bonds is 7. The van der Waals surface area contributed by atoms with Crippen molar-refractivity contribution in [2.24, 2.45) is 0 Å². The Morgan fingerprint density at radius 1 is 1.53 bits per heavy atom. The Bertz CT molecular complexity index is 456. The lowest BCUT2D eigenvalue weighted by atomic mass is 10.2. The van der Waals surface area contributed by atoms with Crippen LogP contribution in [-0.2, 0) is 4.74 Å². The van der Waals surface area contributed by atoms with Crippen molar-refractivity contribution in [3.8, 4) is 0 Å². The lowest BCUT2D eigenvalue weighted by molar-refractivity contribution is 0.0684. The second-order valence-electron chi connectivity index (χ2n) is 3.77. The van der Waals surface area contributed by atoms with Crippen LogP contribution in [0, 0.1) is 0 Å². The van der Waals surface area contributed by atoms with Gasteiger partial charge in [0.15, 0.2) is 0 Å². The molecule has 0 aliphatic carbocycles. The summed E-state index contributed by atoms with van der Waals surface area (Å²) in [4.78, 5) is 28.1. The van der Waals surface area contributed by atoms with Crippen molar-refractivity contribution in [2.45, 2.75) is 0 Å². The van der Waals surface area contributed by atoms with Crippen LogP contribution >= 0.6 is 0 Å². The van der Waals surface area contributed by atoms with Gasteiger partial charge in [-0.1, -0.05) is 6.08 Å². The van der Waals surface area contributed by atoms with E-state index in [0.29, 0.717) is 25.3 Å². The van der Waals surface area contributed by atoms with Gasteiger partial charge in [-0.15, -0.1) is 6.58 Å². The molecule has 0 spiro atoms. The molecule has 19 heavy (non-hydrogen) atoms. The lowest BCUT2D eigenvalue weighted by Crippen LogP contribution is -2.34. The maximum atomic E-state index is 12.2. The Morgan fingerprint density at radius 2 is 2.26 bits per heavy atom. The van der Waals surface area contributed by atoms with Gasteiger partial charge >= 0.3 is 5.97 Å². The summed E-state index contributed by atoms with van der Waals surface area (Å²) in [6.45, 7) is 4.84. The number of carbonyl (C=O) groups excluding carboxylic acids is 1. The number of methoxy groups -OCH3 is 1. The topological polar surface area (TPSA) is 79.7 Å². The highest BCUT2D eigenvalue weighted by molar-refractivity contribution is 5.95. The zero-order valence-electron chi connectivity index (χ0n) is 10.7. The number of ether oxygens (including phenoxy) is 1. The van der Waals surface area contributed by atoms with E-state index in [1.165, 1.54) is 18.3 Å². The van der Waals surface area contributed by atoms with Crippen LogP contribution in [0.2, 0.25) is 0 Å². The quantitative estimate of drug-likeness (QED) is 0.745. The number of nitrogens with zero attached hydrogens (tertiary/aromatic N) is 2. The van der Waals surface area contributed by atoms with Crippen LogP contribution in [0.5, 0.6) is 0 Å². The average molecular weight is 264 g/mol. The monoisotopic (exact) mass is 264 g/mol. The molecule has 0 aliphatic heterocycles. The van der Waals surface area contributed by atoms with Crippen molar-refractivity contribution >= 4 is 11.9 Å². The molecule has 0 bridgehead atoms. The van der Waals surface area contributed by atoms with Gasteiger partial charge in [-0.3, -0.25) is 4.79 Å². The predicted octanol–water partition coefficient (Wildman–Crippen LogP) is 1.05. The summed E-state index contributed by atoms with van der Waals surface area (Å²) in [5.41, 5.74) is 0.242. The fourth-order valence-electron chi connectivity index (χ4n) is 1.46. The van der Waals surface area contributed by atoms with Crippen molar-refractivity contribution < 1.29 is 19.4 Å². The van der Waals surface area contributed by atoms with E-state index in [1.807, 2.05) is 0 Å². The Kier molecular flexibility index (Phi) is 5.69. The summed E-state index contributed by atoms with van der Waals surface area (Å²) in [6.07, 6.45) is 2.88. The summed E-state index contributed by atoms with van der Waals surface area (Å²) < 4.78 is 4.93. The van der Waals surface area contributed by atoms with Crippen LogP contribution < -0.4 is 0 Å². The van der Waals surface area contributed by atoms with Gasteiger partial charge in [0, 0.05) is 26.4 Å². The second kappa shape index (κ2) is 7.27. The molecule has 0 unspecified atom stereocenters. The van der Waals surface area contributed by atoms with E-state index in [0.717, 1.165) is 0 Å². The van der Waals surface area contributed by atoms with E-state index in [1.54, 1.807) is 18.1 Å². The van der Waals surface area contributed by atoms with Crippen molar-refractivity contribution in [1.29, 1.82) is 0 Å². The molecule has 0 saturated carbocycles. The largest absolute Gasteiger partial charge is 0.477 e. The molecule has 0 fully saturated rings. The summed E-state index contributed by atoms with van der Waals surface area (Å²) >= 11 is 0. The Labute approximate surface area is 111 Å². The molecular formula is C13H16N2O4. The summed E-state index contributed by atoms with van der Waals surface area (Å²) in [7, 11) is 1.56. The SMILES string of the molecule is C=CCN(CCOC)C(=O)c1ccc(C(=O)O)nc1. The molecule has 6 nitrogen and oxygen atoms in total. The number of carbonyl (C=O) groups is 2. The van der Waals surface area contributed by atoms with Gasteiger partial charge in [-0.05, 0) is 12.1 Å². The standard InChI is InChI=1S/C13H16N2O4/c1-3-6-15(7-8-19-2)12(16)10-4-5-11(13(17)18)14-9-10/h3-5,9H,1,6-8H2,2H3,(H,17,18). The minimum Gasteiger partial charge on any atom is -0.477 e. The van der Waals surface area contributed by atoms with E-state index < -0.39 is 5.97 Å². The van der Waals surface area contributed by atoms with Crippen LogP contribution in [0.15, 0.2) is 31.0 Å². The summed E-state index contributed by atoms with van der Waals surface area (Å²) in [6, 6.07) is 2.75. The molecule has 0 radical (unpaired) electrons. The number of carboxylic acids is 1. The number of aromatic carboxylic acids is 1. The maximum absolute atomic E-state index is 12.2. The summed E-state index contributed by atoms with van der Waals surface area (Å²) in [5, 5.41) is 8.74. The van der Waals surface area contributed by atoms with Crippen molar-refractivity contribution in [3.63, 3.8) is 0 Å². The molecule has 0 saturated heterocycles. The maximum Gasteiger partial charge on any atom is 0.354 e. The molecule has 1 rings (SSSR count). The first-order valence-electron chi connectivity index (χ1n) is 5.68. The van der Waals surface area contributed by atoms with Gasteiger partial charge in [0.1, 0.15) is 5.69 Å². The molecule has 1 aromatic heterocycles. The van der Waals surface area contributed by atoms with Crippen LogP contribution in [0.1, 0.15) is 20.8 Å². The normalized spacial score (nSPS) is 9.95. The van der Waals surface area contributed by atoms with E-state index in [-0.39, 0.29) is 11.6 Å². The Balaban J connectivity index is 2.83. The second-order valence-corrected chi connectivity index (χ2v) is 3.77. The van der Waals surface area contributed by atoms with Gasteiger partial charge < -0.3 is 14.7 Å². The van der Waals surface area contributed by atoms with Gasteiger partial charge in [-0.2, -0.15) is 0 Å². The summed E-state index contributed by atoms with van der Waals surface area (Å²) in [5.74, 6) is -1.36. The fraction of sp³-hybridized carbons (Fsp3) is 0.308. The smallest absolute Gasteiger partial charge is 0.354 e. The number of hydrogen-bond donors (Lipinski definition) is 1. The lowest BCUT2D eigenvalue weighted by Gasteiger charge is -2.20. The number of amides is 1. The first kappa shape index (κ1) is 14.8. The van der Waals surface area contributed by atoms with Crippen LogP contribution in [0.25, 0.3) is 0 Å². The first-order valence-corrected chi connectivity index (χ1v) is 5.68. The third-order valence-electron chi connectivity index (χ3n) is 2.43. The van der Waals surface area contributed by atoms with E-state index in [4.69, 9.17) is 9.84 Å². The molecule has 6 heteroatoms. The Morgan fingerprint density at radius 3 is 2.74 bits per heavy atom. The van der Waals surface area contributed by atoms with Gasteiger partial charge in [0.25, 0.3) is 5.91 Å². The molecule has 0 aliphatic rings. The number of aromatic nitrogens is 1. The number of carboxylic acid groups (broad SMARTS) is 1. The fourth-order valence-corrected chi connectivity index (χ4v) is 1.46. The molecule has 1 amide bonds. The van der Waals surface area contributed by atoms with Crippen molar-refractivity contribution in [3.05, 3.63) is 42.2 Å². The first-order chi connectivity index (χ1) is 9.10. The zero-order chi connectivity index (χ0) is 14.3.